The van der Waals surface area contributed by atoms with Gasteiger partial charge in [-0.15, -0.1) is 0 Å². The zero-order valence-electron chi connectivity index (χ0n) is 8.31. The summed E-state index contributed by atoms with van der Waals surface area (Å²) in [6.07, 6.45) is 1.94. The van der Waals surface area contributed by atoms with Gasteiger partial charge in [0.15, 0.2) is 0 Å². The Hall–Kier alpha value is -1.39. The van der Waals surface area contributed by atoms with Gasteiger partial charge < -0.3 is 5.32 Å². The number of halogens is 1. The summed E-state index contributed by atoms with van der Waals surface area (Å²) in [6.45, 7) is 0. The third kappa shape index (κ3) is 3.05. The molecule has 2 heterocycles. The van der Waals surface area contributed by atoms with Crippen molar-refractivity contribution in [2.45, 2.75) is 6.42 Å². The second-order valence-electron chi connectivity index (χ2n) is 3.22. The molecule has 0 unspecified atom stereocenters. The highest BCUT2D eigenvalue weighted by Crippen LogP contribution is 2.13. The van der Waals surface area contributed by atoms with E-state index < -0.39 is 0 Å². The number of nitrogens with zero attached hydrogens (tertiary/aromatic N) is 1. The second-order valence-corrected chi connectivity index (χ2v) is 4.39. The number of hydrogen-bond donors (Lipinski definition) is 1. The Kier molecular flexibility index (Phi) is 3.54. The Balaban J connectivity index is 1.97. The van der Waals surface area contributed by atoms with Crippen LogP contribution < -0.4 is 5.32 Å². The van der Waals surface area contributed by atoms with E-state index in [0.29, 0.717) is 17.3 Å². The summed E-state index contributed by atoms with van der Waals surface area (Å²) in [5.74, 6) is -0.0549. The molecule has 5 heteroatoms. The first-order valence-electron chi connectivity index (χ1n) is 4.66. The lowest BCUT2D eigenvalue weighted by atomic mass is 10.2. The number of amides is 1. The Morgan fingerprint density at radius 2 is 2.38 bits per heavy atom. The molecule has 0 aliphatic heterocycles. The summed E-state index contributed by atoms with van der Waals surface area (Å²) >= 11 is 7.29. The Morgan fingerprint density at radius 1 is 1.50 bits per heavy atom. The predicted molar refractivity (Wildman–Crippen MR) is 65.9 cm³/mol. The number of aromatic nitrogens is 1. The Bertz CT molecular complexity index is 484. The van der Waals surface area contributed by atoms with Crippen molar-refractivity contribution < 1.29 is 4.79 Å². The Labute approximate surface area is 102 Å². The molecule has 0 aliphatic rings. The van der Waals surface area contributed by atoms with Gasteiger partial charge in [0, 0.05) is 11.9 Å². The first-order chi connectivity index (χ1) is 7.74. The highest BCUT2D eigenvalue weighted by Gasteiger charge is 2.04. The van der Waals surface area contributed by atoms with Crippen molar-refractivity contribution in [3.05, 3.63) is 45.9 Å². The van der Waals surface area contributed by atoms with Crippen molar-refractivity contribution in [2.75, 3.05) is 5.32 Å². The summed E-state index contributed by atoms with van der Waals surface area (Å²) in [5.41, 5.74) is 1.68. The van der Waals surface area contributed by atoms with Crippen LogP contribution >= 0.6 is 22.9 Å². The molecule has 82 valence electrons. The molecule has 1 amide bonds. The third-order valence-electron chi connectivity index (χ3n) is 1.96. The normalized spacial score (nSPS) is 10.1. The fourth-order valence-electron chi connectivity index (χ4n) is 1.26. The molecule has 0 bridgehead atoms. The molecule has 0 aromatic carbocycles. The molecule has 2 rings (SSSR count). The van der Waals surface area contributed by atoms with Crippen LogP contribution in [0.2, 0.25) is 5.15 Å². The van der Waals surface area contributed by atoms with Crippen LogP contribution in [0.3, 0.4) is 0 Å². The van der Waals surface area contributed by atoms with Gasteiger partial charge in [0.2, 0.25) is 5.91 Å². The zero-order valence-corrected chi connectivity index (χ0v) is 9.89. The number of carbonyl (C=O) groups excluding carboxylic acids is 1. The molecule has 0 atom stereocenters. The number of nitrogens with one attached hydrogen (secondary N) is 1. The maximum Gasteiger partial charge on any atom is 0.228 e. The fourth-order valence-corrected chi connectivity index (χ4v) is 2.11. The van der Waals surface area contributed by atoms with Gasteiger partial charge in [0.05, 0.1) is 6.42 Å². The van der Waals surface area contributed by atoms with E-state index in [-0.39, 0.29) is 5.91 Å². The van der Waals surface area contributed by atoms with E-state index in [2.05, 4.69) is 10.3 Å². The van der Waals surface area contributed by atoms with Crippen LogP contribution in [0.15, 0.2) is 35.2 Å². The summed E-state index contributed by atoms with van der Waals surface area (Å²) < 4.78 is 0. The summed E-state index contributed by atoms with van der Waals surface area (Å²) in [4.78, 5) is 15.5. The monoisotopic (exact) mass is 252 g/mol. The molecule has 0 fully saturated rings. The van der Waals surface area contributed by atoms with Crippen LogP contribution in [0.4, 0.5) is 5.69 Å². The molecular weight excluding hydrogens is 244 g/mol. The summed E-state index contributed by atoms with van der Waals surface area (Å²) in [5, 5.41) is 7.04. The van der Waals surface area contributed by atoms with Crippen molar-refractivity contribution in [1.82, 2.24) is 4.98 Å². The van der Waals surface area contributed by atoms with Crippen molar-refractivity contribution >= 4 is 34.5 Å². The van der Waals surface area contributed by atoms with Crippen molar-refractivity contribution in [3.8, 4) is 0 Å². The van der Waals surface area contributed by atoms with E-state index in [1.807, 2.05) is 16.8 Å². The number of anilines is 1. The molecule has 2 aromatic rings. The van der Waals surface area contributed by atoms with E-state index in [1.165, 1.54) is 0 Å². The van der Waals surface area contributed by atoms with Gasteiger partial charge in [0.25, 0.3) is 0 Å². The largest absolute Gasteiger partial charge is 0.326 e. The smallest absolute Gasteiger partial charge is 0.228 e. The Morgan fingerprint density at radius 3 is 3.06 bits per heavy atom. The van der Waals surface area contributed by atoms with Gasteiger partial charge >= 0.3 is 0 Å². The summed E-state index contributed by atoms with van der Waals surface area (Å²) in [7, 11) is 0. The van der Waals surface area contributed by atoms with Gasteiger partial charge in [-0.3, -0.25) is 4.79 Å². The topological polar surface area (TPSA) is 42.0 Å². The van der Waals surface area contributed by atoms with Crippen LogP contribution in [-0.2, 0) is 11.2 Å². The van der Waals surface area contributed by atoms with Crippen LogP contribution in [0.5, 0.6) is 0 Å². The quantitative estimate of drug-likeness (QED) is 0.854. The van der Waals surface area contributed by atoms with E-state index in [0.717, 1.165) is 5.56 Å². The maximum absolute atomic E-state index is 11.6. The minimum absolute atomic E-state index is 0.0549. The fraction of sp³-hybridized carbons (Fsp3) is 0.0909. The second kappa shape index (κ2) is 5.09. The lowest BCUT2D eigenvalue weighted by Crippen LogP contribution is -2.13. The molecule has 2 aromatic heterocycles. The molecule has 16 heavy (non-hydrogen) atoms. The molecule has 0 aliphatic carbocycles. The van der Waals surface area contributed by atoms with E-state index in [4.69, 9.17) is 11.6 Å². The number of thiophene rings is 1. The minimum atomic E-state index is -0.0549. The van der Waals surface area contributed by atoms with Gasteiger partial charge in [-0.25, -0.2) is 4.98 Å². The lowest BCUT2D eigenvalue weighted by Gasteiger charge is -2.03. The molecule has 0 saturated carbocycles. The first-order valence-corrected chi connectivity index (χ1v) is 5.98. The highest BCUT2D eigenvalue weighted by molar-refractivity contribution is 7.08. The van der Waals surface area contributed by atoms with Crippen LogP contribution in [0.1, 0.15) is 5.56 Å². The molecule has 1 N–H and O–H groups in total. The molecule has 0 spiro atoms. The average Bonchev–Trinajstić information content (AvgIpc) is 2.70. The van der Waals surface area contributed by atoms with Crippen molar-refractivity contribution in [2.24, 2.45) is 0 Å². The van der Waals surface area contributed by atoms with Gasteiger partial charge in [-0.05, 0) is 34.5 Å². The minimum Gasteiger partial charge on any atom is -0.326 e. The van der Waals surface area contributed by atoms with Crippen LogP contribution in [-0.4, -0.2) is 10.9 Å². The van der Waals surface area contributed by atoms with Crippen molar-refractivity contribution in [3.63, 3.8) is 0 Å². The number of hydrogen-bond acceptors (Lipinski definition) is 3. The standard InChI is InChI=1S/C11H9ClN2OS/c12-10-6-9(1-3-13-10)14-11(15)5-8-2-4-16-7-8/h1-4,6-7H,5H2,(H,13,14,15). The number of carbonyl (C=O) groups is 1. The first kappa shape index (κ1) is 11.1. The van der Waals surface area contributed by atoms with Gasteiger partial charge in [0.1, 0.15) is 5.15 Å². The average molecular weight is 253 g/mol. The van der Waals surface area contributed by atoms with Crippen LogP contribution in [0.25, 0.3) is 0 Å². The van der Waals surface area contributed by atoms with E-state index >= 15 is 0 Å². The van der Waals surface area contributed by atoms with E-state index in [9.17, 15) is 4.79 Å². The number of rotatable bonds is 3. The summed E-state index contributed by atoms with van der Waals surface area (Å²) in [6, 6.07) is 5.26. The predicted octanol–water partition coefficient (Wildman–Crippen LogP) is 2.98. The zero-order chi connectivity index (χ0) is 11.4. The number of pyridine rings is 1. The third-order valence-corrected chi connectivity index (χ3v) is 2.89. The molecule has 0 radical (unpaired) electrons. The van der Waals surface area contributed by atoms with Crippen molar-refractivity contribution in [1.29, 1.82) is 0 Å². The lowest BCUT2D eigenvalue weighted by molar-refractivity contribution is -0.115. The maximum atomic E-state index is 11.6. The van der Waals surface area contributed by atoms with E-state index in [1.54, 1.807) is 29.7 Å². The highest BCUT2D eigenvalue weighted by atomic mass is 35.5. The van der Waals surface area contributed by atoms with Crippen LogP contribution in [0, 0.1) is 0 Å². The molecule has 3 nitrogen and oxygen atoms in total. The molecule has 0 saturated heterocycles. The van der Waals surface area contributed by atoms with Gasteiger partial charge in [-0.1, -0.05) is 11.6 Å². The van der Waals surface area contributed by atoms with Gasteiger partial charge in [-0.2, -0.15) is 11.3 Å². The SMILES string of the molecule is O=C(Cc1ccsc1)Nc1ccnc(Cl)c1. The molecular formula is C11H9ClN2OS.